The molecule has 0 bridgehead atoms. The number of amides is 1. The molecule has 5 nitrogen and oxygen atoms in total. The highest BCUT2D eigenvalue weighted by atomic mass is 35.5. The van der Waals surface area contributed by atoms with Crippen LogP contribution in [0.3, 0.4) is 0 Å². The minimum Gasteiger partial charge on any atom is -0.507 e. The predicted octanol–water partition coefficient (Wildman–Crippen LogP) is 5.35. The molecular weight excluding hydrogens is 397 g/mol. The lowest BCUT2D eigenvalue weighted by atomic mass is 9.95. The van der Waals surface area contributed by atoms with Gasteiger partial charge < -0.3 is 10.0 Å². The van der Waals surface area contributed by atoms with Crippen molar-refractivity contribution in [2.75, 3.05) is 6.54 Å². The summed E-state index contributed by atoms with van der Waals surface area (Å²) < 4.78 is 0. The van der Waals surface area contributed by atoms with Gasteiger partial charge in [-0.05, 0) is 48.7 Å². The zero-order valence-corrected chi connectivity index (χ0v) is 17.0. The number of nitrogens with one attached hydrogen (secondary N) is 1. The molecule has 2 N–H and O–H groups in total. The largest absolute Gasteiger partial charge is 0.507 e. The van der Waals surface area contributed by atoms with Crippen molar-refractivity contribution in [3.63, 3.8) is 0 Å². The molecule has 0 radical (unpaired) electrons. The van der Waals surface area contributed by atoms with Crippen molar-refractivity contribution in [2.24, 2.45) is 0 Å². The van der Waals surface area contributed by atoms with E-state index in [1.165, 1.54) is 0 Å². The van der Waals surface area contributed by atoms with Crippen LogP contribution in [0.25, 0.3) is 11.3 Å². The van der Waals surface area contributed by atoms with Crippen LogP contribution >= 0.6 is 23.2 Å². The lowest BCUT2D eigenvalue weighted by Gasteiger charge is -2.26. The summed E-state index contributed by atoms with van der Waals surface area (Å²) in [5, 5.41) is 18.9. The third kappa shape index (κ3) is 2.95. The van der Waals surface area contributed by atoms with E-state index in [1.54, 1.807) is 18.2 Å². The second-order valence-corrected chi connectivity index (χ2v) is 7.78. The van der Waals surface area contributed by atoms with Gasteiger partial charge in [0.2, 0.25) is 0 Å². The van der Waals surface area contributed by atoms with Crippen LogP contribution in [0.5, 0.6) is 5.75 Å². The third-order valence-corrected chi connectivity index (χ3v) is 5.67. The SMILES string of the molecule is CCCN1C(=O)c2[nH]nc(-c3cc(Cl)c(C)cc3O)c2C1c1cccc(Cl)c1. The molecule has 0 saturated heterocycles. The van der Waals surface area contributed by atoms with Gasteiger partial charge >= 0.3 is 0 Å². The number of aromatic nitrogens is 2. The molecule has 1 atom stereocenters. The van der Waals surface area contributed by atoms with Gasteiger partial charge in [0.1, 0.15) is 17.1 Å². The fourth-order valence-electron chi connectivity index (χ4n) is 3.75. The molecule has 4 rings (SSSR count). The lowest BCUT2D eigenvalue weighted by Crippen LogP contribution is -2.30. The maximum atomic E-state index is 13.0. The molecule has 2 heterocycles. The number of aromatic amines is 1. The van der Waals surface area contributed by atoms with Crippen LogP contribution < -0.4 is 0 Å². The van der Waals surface area contributed by atoms with Crippen LogP contribution in [0.1, 0.15) is 46.6 Å². The number of fused-ring (bicyclic) bond motifs is 1. The van der Waals surface area contributed by atoms with E-state index < -0.39 is 0 Å². The van der Waals surface area contributed by atoms with Crippen molar-refractivity contribution >= 4 is 29.1 Å². The number of hydrogen-bond donors (Lipinski definition) is 2. The molecule has 1 aliphatic rings. The molecule has 28 heavy (non-hydrogen) atoms. The van der Waals surface area contributed by atoms with Gasteiger partial charge in [0.15, 0.2) is 0 Å². The molecule has 3 aromatic rings. The molecule has 0 aliphatic carbocycles. The number of aryl methyl sites for hydroxylation is 1. The zero-order chi connectivity index (χ0) is 20.0. The Hall–Kier alpha value is -2.50. The first-order valence-corrected chi connectivity index (χ1v) is 9.82. The standard InChI is InChI=1S/C21H19Cl2N3O2/c1-3-7-26-20(12-5-4-6-13(22)9-12)17-18(24-25-19(17)21(26)28)14-10-15(23)11(2)8-16(14)27/h4-6,8-10,20,27H,3,7H2,1-2H3,(H,24,25). The number of phenols is 1. The number of phenolic OH excluding ortho intramolecular Hbond substituents is 1. The van der Waals surface area contributed by atoms with E-state index in [9.17, 15) is 9.90 Å². The maximum absolute atomic E-state index is 13.0. The first-order valence-electron chi connectivity index (χ1n) is 9.06. The highest BCUT2D eigenvalue weighted by Gasteiger charge is 2.42. The average molecular weight is 416 g/mol. The smallest absolute Gasteiger partial charge is 0.273 e. The van der Waals surface area contributed by atoms with Crippen molar-refractivity contribution in [3.8, 4) is 17.0 Å². The number of aromatic hydroxyl groups is 1. The van der Waals surface area contributed by atoms with E-state index in [1.807, 2.05) is 36.9 Å². The molecule has 0 saturated carbocycles. The molecule has 7 heteroatoms. The Morgan fingerprint density at radius 1 is 1.25 bits per heavy atom. The van der Waals surface area contributed by atoms with Gasteiger partial charge in [-0.3, -0.25) is 9.89 Å². The monoisotopic (exact) mass is 415 g/mol. The highest BCUT2D eigenvalue weighted by Crippen LogP contribution is 2.45. The van der Waals surface area contributed by atoms with Crippen molar-refractivity contribution in [1.82, 2.24) is 15.1 Å². The van der Waals surface area contributed by atoms with Gasteiger partial charge in [0.05, 0.1) is 6.04 Å². The molecule has 2 aromatic carbocycles. The first-order chi connectivity index (χ1) is 13.4. The number of hydrogen-bond acceptors (Lipinski definition) is 3. The fraction of sp³-hybridized carbons (Fsp3) is 0.238. The molecule has 0 fully saturated rings. The molecule has 1 aromatic heterocycles. The fourth-order valence-corrected chi connectivity index (χ4v) is 4.12. The topological polar surface area (TPSA) is 69.2 Å². The van der Waals surface area contributed by atoms with Gasteiger partial charge in [-0.15, -0.1) is 0 Å². The molecule has 1 aliphatic heterocycles. The van der Waals surface area contributed by atoms with Crippen molar-refractivity contribution < 1.29 is 9.90 Å². The summed E-state index contributed by atoms with van der Waals surface area (Å²) >= 11 is 12.5. The second-order valence-electron chi connectivity index (χ2n) is 6.94. The first kappa shape index (κ1) is 18.8. The van der Waals surface area contributed by atoms with Crippen LogP contribution in [0, 0.1) is 6.92 Å². The number of halogens is 2. The van der Waals surface area contributed by atoms with E-state index in [2.05, 4.69) is 10.2 Å². The number of H-pyrrole nitrogens is 1. The van der Waals surface area contributed by atoms with E-state index in [0.29, 0.717) is 33.5 Å². The molecule has 144 valence electrons. The quantitative estimate of drug-likeness (QED) is 0.602. The Balaban J connectivity index is 1.94. The Morgan fingerprint density at radius 2 is 2.04 bits per heavy atom. The van der Waals surface area contributed by atoms with Gasteiger partial charge in [-0.1, -0.05) is 42.3 Å². The van der Waals surface area contributed by atoms with Gasteiger partial charge in [0.25, 0.3) is 5.91 Å². The average Bonchev–Trinajstić information content (AvgIpc) is 3.18. The predicted molar refractivity (Wildman–Crippen MR) is 110 cm³/mol. The molecular formula is C21H19Cl2N3O2. The van der Waals surface area contributed by atoms with E-state index >= 15 is 0 Å². The summed E-state index contributed by atoms with van der Waals surface area (Å²) in [6.07, 6.45) is 0.817. The molecule has 1 unspecified atom stereocenters. The van der Waals surface area contributed by atoms with Gasteiger partial charge in [-0.25, -0.2) is 0 Å². The minimum atomic E-state index is -0.339. The number of benzene rings is 2. The summed E-state index contributed by atoms with van der Waals surface area (Å²) in [7, 11) is 0. The zero-order valence-electron chi connectivity index (χ0n) is 15.5. The van der Waals surface area contributed by atoms with E-state index in [4.69, 9.17) is 23.2 Å². The summed E-state index contributed by atoms with van der Waals surface area (Å²) in [5.41, 5.74) is 3.84. The minimum absolute atomic E-state index is 0.0717. The Bertz CT molecular complexity index is 1080. The summed E-state index contributed by atoms with van der Waals surface area (Å²) in [6.45, 7) is 4.44. The number of carbonyl (C=O) groups excluding carboxylic acids is 1. The van der Waals surface area contributed by atoms with Crippen LogP contribution in [-0.2, 0) is 0 Å². The Kier molecular flexibility index (Phi) is 4.81. The van der Waals surface area contributed by atoms with Crippen LogP contribution in [0.4, 0.5) is 0 Å². The Labute approximate surface area is 172 Å². The Morgan fingerprint density at radius 3 is 2.75 bits per heavy atom. The summed E-state index contributed by atoms with van der Waals surface area (Å²) in [6, 6.07) is 10.4. The van der Waals surface area contributed by atoms with E-state index in [0.717, 1.165) is 23.1 Å². The number of rotatable bonds is 4. The highest BCUT2D eigenvalue weighted by molar-refractivity contribution is 6.31. The van der Waals surface area contributed by atoms with Crippen molar-refractivity contribution in [2.45, 2.75) is 26.3 Å². The molecule has 0 spiro atoms. The number of nitrogens with zero attached hydrogens (tertiary/aromatic N) is 2. The van der Waals surface area contributed by atoms with Crippen LogP contribution in [0.15, 0.2) is 36.4 Å². The lowest BCUT2D eigenvalue weighted by molar-refractivity contribution is 0.0744. The number of carbonyl (C=O) groups is 1. The second kappa shape index (κ2) is 7.15. The van der Waals surface area contributed by atoms with Crippen LogP contribution in [-0.4, -0.2) is 32.7 Å². The molecule has 1 amide bonds. The van der Waals surface area contributed by atoms with Gasteiger partial charge in [0, 0.05) is 27.7 Å². The van der Waals surface area contributed by atoms with Crippen molar-refractivity contribution in [1.29, 1.82) is 0 Å². The normalized spacial score (nSPS) is 15.9. The summed E-state index contributed by atoms with van der Waals surface area (Å²) in [4.78, 5) is 14.8. The third-order valence-electron chi connectivity index (χ3n) is 5.02. The summed E-state index contributed by atoms with van der Waals surface area (Å²) in [5.74, 6) is -0.0410. The van der Waals surface area contributed by atoms with Gasteiger partial charge in [-0.2, -0.15) is 5.10 Å². The van der Waals surface area contributed by atoms with E-state index in [-0.39, 0.29) is 17.7 Å². The maximum Gasteiger partial charge on any atom is 0.273 e. The van der Waals surface area contributed by atoms with Crippen LogP contribution in [0.2, 0.25) is 10.0 Å². The van der Waals surface area contributed by atoms with Crippen molar-refractivity contribution in [3.05, 3.63) is 68.8 Å².